The largest absolute Gasteiger partial charge is 0.476 e. The number of halogens is 4. The first-order chi connectivity index (χ1) is 24.2. The van der Waals surface area contributed by atoms with Crippen molar-refractivity contribution >= 4 is 39.8 Å². The van der Waals surface area contributed by atoms with E-state index >= 15 is 4.39 Å². The van der Waals surface area contributed by atoms with Crippen LogP contribution in [0.15, 0.2) is 77.0 Å². The van der Waals surface area contributed by atoms with E-state index in [-0.39, 0.29) is 48.6 Å². The minimum Gasteiger partial charge on any atom is -0.476 e. The molecule has 0 aromatic heterocycles. The summed E-state index contributed by atoms with van der Waals surface area (Å²) in [6.45, 7) is 6.04. The Kier molecular flexibility index (Phi) is 9.23. The molecule has 2 unspecified atom stereocenters. The number of nitriles is 2. The van der Waals surface area contributed by atoms with E-state index in [0.717, 1.165) is 38.8 Å². The van der Waals surface area contributed by atoms with Gasteiger partial charge in [-0.05, 0) is 67.9 Å². The van der Waals surface area contributed by atoms with Crippen LogP contribution in [0.1, 0.15) is 44.1 Å². The maximum absolute atomic E-state index is 16.5. The highest BCUT2D eigenvalue weighted by atomic mass is 35.5. The molecule has 3 saturated heterocycles. The molecular formula is C38H36ClF3N6O2. The van der Waals surface area contributed by atoms with Gasteiger partial charge in [-0.25, -0.2) is 18.2 Å². The molecule has 0 saturated carbocycles. The number of piperazine rings is 1. The Balaban J connectivity index is 1.32. The molecule has 3 atom stereocenters. The van der Waals surface area contributed by atoms with Gasteiger partial charge in [-0.3, -0.25) is 9.69 Å². The van der Waals surface area contributed by atoms with Crippen LogP contribution in [0.5, 0.6) is 0 Å². The summed E-state index contributed by atoms with van der Waals surface area (Å²) in [7, 11) is 0. The predicted octanol–water partition coefficient (Wildman–Crippen LogP) is 7.00. The standard InChI is InChI=1S/C38H36ClF3N6O2/c1-23(40)37(49)48-18-17-46(21-25(48)9-13-43)35-27(10-14-44)36(50-22-38-11-3-15-47(38)16-4-12-38)45-32-20-28(31(42)19-29(32)35)26-6-2-5-24-7-8-30(41)34(39)33(24)26/h2,5-8,19-20,25,29,32H,1,3-4,9-12,15-18,21-22H2/t25-,29?,32?/m0/s1. The molecule has 4 heterocycles. The summed E-state index contributed by atoms with van der Waals surface area (Å²) in [5.41, 5.74) is 1.67. The van der Waals surface area contributed by atoms with Gasteiger partial charge in [-0.2, -0.15) is 10.5 Å². The third-order valence-corrected chi connectivity index (χ3v) is 11.2. The summed E-state index contributed by atoms with van der Waals surface area (Å²) >= 11 is 6.46. The Hall–Kier alpha value is -4.58. The average molecular weight is 701 g/mol. The first-order valence-corrected chi connectivity index (χ1v) is 17.3. The number of hydrogen-bond donors (Lipinski definition) is 0. The summed E-state index contributed by atoms with van der Waals surface area (Å²) in [5.74, 6) is -3.52. The van der Waals surface area contributed by atoms with Gasteiger partial charge in [0, 0.05) is 47.8 Å². The van der Waals surface area contributed by atoms with E-state index in [2.05, 4.69) is 23.6 Å². The molecule has 50 heavy (non-hydrogen) atoms. The van der Waals surface area contributed by atoms with Gasteiger partial charge >= 0.3 is 0 Å². The fourth-order valence-electron chi connectivity index (χ4n) is 8.55. The number of aliphatic imine (C=N–C) groups is 1. The molecule has 2 aromatic carbocycles. The van der Waals surface area contributed by atoms with Crippen LogP contribution in [0.2, 0.25) is 5.02 Å². The van der Waals surface area contributed by atoms with Crippen molar-refractivity contribution in [2.45, 2.75) is 56.1 Å². The molecule has 258 valence electrons. The summed E-state index contributed by atoms with van der Waals surface area (Å²) in [5, 5.41) is 20.6. The number of fused-ring (bicyclic) bond motifs is 3. The molecule has 7 rings (SSSR count). The van der Waals surface area contributed by atoms with Gasteiger partial charge in [0.2, 0.25) is 5.90 Å². The molecule has 1 amide bonds. The highest BCUT2D eigenvalue weighted by molar-refractivity contribution is 6.36. The monoisotopic (exact) mass is 700 g/mol. The zero-order valence-electron chi connectivity index (χ0n) is 27.5. The van der Waals surface area contributed by atoms with Crippen LogP contribution in [0.4, 0.5) is 13.2 Å². The average Bonchev–Trinajstić information content (AvgIpc) is 3.69. The third kappa shape index (κ3) is 5.87. The quantitative estimate of drug-likeness (QED) is 0.289. The molecule has 0 N–H and O–H groups in total. The second-order valence-electron chi connectivity index (χ2n) is 13.6. The van der Waals surface area contributed by atoms with Crippen molar-refractivity contribution in [2.75, 3.05) is 39.3 Å². The van der Waals surface area contributed by atoms with Crippen molar-refractivity contribution in [1.29, 1.82) is 10.5 Å². The third-order valence-electron chi connectivity index (χ3n) is 10.9. The van der Waals surface area contributed by atoms with Crippen LogP contribution in [-0.2, 0) is 9.53 Å². The minimum absolute atomic E-state index is 0.0626. The molecule has 8 nitrogen and oxygen atoms in total. The summed E-state index contributed by atoms with van der Waals surface area (Å²) in [6.07, 6.45) is 7.19. The molecule has 0 spiro atoms. The molecule has 1 aliphatic carbocycles. The van der Waals surface area contributed by atoms with Crippen molar-refractivity contribution in [1.82, 2.24) is 14.7 Å². The smallest absolute Gasteiger partial charge is 0.282 e. The zero-order chi connectivity index (χ0) is 35.2. The molecule has 0 radical (unpaired) electrons. The molecule has 12 heteroatoms. The van der Waals surface area contributed by atoms with E-state index in [1.807, 2.05) is 4.90 Å². The van der Waals surface area contributed by atoms with Gasteiger partial charge in [0.05, 0.1) is 47.6 Å². The topological polar surface area (TPSA) is 96.0 Å². The maximum atomic E-state index is 16.5. The summed E-state index contributed by atoms with van der Waals surface area (Å²) in [6, 6.07) is 11.1. The van der Waals surface area contributed by atoms with Gasteiger partial charge < -0.3 is 14.5 Å². The first kappa shape index (κ1) is 33.9. The van der Waals surface area contributed by atoms with Crippen molar-refractivity contribution in [3.63, 3.8) is 0 Å². The van der Waals surface area contributed by atoms with Gasteiger partial charge in [0.1, 0.15) is 18.3 Å². The van der Waals surface area contributed by atoms with Gasteiger partial charge in [-0.1, -0.05) is 42.4 Å². The maximum Gasteiger partial charge on any atom is 0.282 e. The second-order valence-corrected chi connectivity index (χ2v) is 14.0. The van der Waals surface area contributed by atoms with E-state index in [1.165, 1.54) is 17.0 Å². The number of hydrogen-bond acceptors (Lipinski definition) is 7. The van der Waals surface area contributed by atoms with Gasteiger partial charge in [-0.15, -0.1) is 0 Å². The fourth-order valence-corrected chi connectivity index (χ4v) is 8.82. The number of allylic oxidation sites excluding steroid dienone is 2. The summed E-state index contributed by atoms with van der Waals surface area (Å²) < 4.78 is 51.8. The lowest BCUT2D eigenvalue weighted by molar-refractivity contribution is -0.133. The predicted molar refractivity (Wildman–Crippen MR) is 184 cm³/mol. The Morgan fingerprint density at radius 1 is 1.08 bits per heavy atom. The molecule has 5 aliphatic rings. The van der Waals surface area contributed by atoms with E-state index in [9.17, 15) is 24.1 Å². The normalized spacial score (nSPS) is 24.5. The van der Waals surface area contributed by atoms with Crippen LogP contribution in [0.25, 0.3) is 16.3 Å². The number of rotatable bonds is 7. The number of carbonyl (C=O) groups is 1. The number of benzene rings is 2. The minimum atomic E-state index is -1.11. The van der Waals surface area contributed by atoms with Gasteiger partial charge in [0.15, 0.2) is 5.83 Å². The van der Waals surface area contributed by atoms with Crippen LogP contribution < -0.4 is 0 Å². The van der Waals surface area contributed by atoms with Gasteiger partial charge in [0.25, 0.3) is 5.91 Å². The molecule has 4 aliphatic heterocycles. The number of dihydropyridines is 1. The lowest BCUT2D eigenvalue weighted by Crippen LogP contribution is -2.56. The second kappa shape index (κ2) is 13.6. The van der Waals surface area contributed by atoms with Crippen molar-refractivity contribution < 1.29 is 22.7 Å². The van der Waals surface area contributed by atoms with Crippen molar-refractivity contribution in [3.05, 3.63) is 88.4 Å². The van der Waals surface area contributed by atoms with Crippen LogP contribution >= 0.6 is 11.6 Å². The molecule has 2 aromatic rings. The van der Waals surface area contributed by atoms with Crippen LogP contribution in [0, 0.1) is 34.4 Å². The van der Waals surface area contributed by atoms with Crippen molar-refractivity contribution in [2.24, 2.45) is 10.9 Å². The van der Waals surface area contributed by atoms with E-state index in [0.29, 0.717) is 40.1 Å². The Bertz CT molecular complexity index is 1970. The SMILES string of the molecule is C=C(F)C(=O)N1CCN(C2=C(CC#N)C(OCC34CCCN3CCC4)=NC3C=C(c4cccc5ccc(F)c(Cl)c45)C(F)=CC23)C[C@@H]1CC#N. The molecular weight excluding hydrogens is 665 g/mol. The lowest BCUT2D eigenvalue weighted by Gasteiger charge is -2.46. The van der Waals surface area contributed by atoms with Crippen LogP contribution in [-0.4, -0.2) is 83.5 Å². The van der Waals surface area contributed by atoms with E-state index in [1.54, 1.807) is 30.3 Å². The number of amides is 1. The molecule has 3 fully saturated rings. The zero-order valence-corrected chi connectivity index (χ0v) is 28.2. The van der Waals surface area contributed by atoms with E-state index in [4.69, 9.17) is 21.3 Å². The molecule has 0 bridgehead atoms. The van der Waals surface area contributed by atoms with Crippen LogP contribution in [0.3, 0.4) is 0 Å². The Labute approximate surface area is 294 Å². The summed E-state index contributed by atoms with van der Waals surface area (Å²) in [4.78, 5) is 23.5. The van der Waals surface area contributed by atoms with E-state index < -0.39 is 41.4 Å². The van der Waals surface area contributed by atoms with Crippen molar-refractivity contribution in [3.8, 4) is 12.1 Å². The highest BCUT2D eigenvalue weighted by Crippen LogP contribution is 2.45. The number of ether oxygens (including phenoxy) is 1. The lowest BCUT2D eigenvalue weighted by atomic mass is 9.81. The number of nitrogens with zero attached hydrogens (tertiary/aromatic N) is 6. The Morgan fingerprint density at radius 3 is 2.58 bits per heavy atom. The first-order valence-electron chi connectivity index (χ1n) is 17.0. The fraction of sp³-hybridized carbons (Fsp3) is 0.421. The highest BCUT2D eigenvalue weighted by Gasteiger charge is 2.46. The Morgan fingerprint density at radius 2 is 1.86 bits per heavy atom. The number of carbonyl (C=O) groups excluding carboxylic acids is 1.